The van der Waals surface area contributed by atoms with Gasteiger partial charge in [0.2, 0.25) is 0 Å². The van der Waals surface area contributed by atoms with E-state index in [1.165, 1.54) is 6.07 Å². The molecular weight excluding hydrogens is 301 g/mol. The van der Waals surface area contributed by atoms with Gasteiger partial charge in [-0.1, -0.05) is 6.07 Å². The van der Waals surface area contributed by atoms with Crippen LogP contribution in [0.4, 0.5) is 10.2 Å². The van der Waals surface area contributed by atoms with Crippen LogP contribution in [0.2, 0.25) is 0 Å². The van der Waals surface area contributed by atoms with Crippen molar-refractivity contribution in [1.82, 2.24) is 4.98 Å². The molecule has 0 aliphatic carbocycles. The zero-order valence-electron chi connectivity index (χ0n) is 9.36. The molecule has 0 amide bonds. The number of nitrogen functional groups attached to an aromatic ring is 1. The number of halogens is 2. The van der Waals surface area contributed by atoms with Crippen LogP contribution in [0.3, 0.4) is 0 Å². The molecule has 1 aromatic carbocycles. The number of nitrogens with one attached hydrogen (secondary N) is 1. The molecule has 0 aliphatic heterocycles. The summed E-state index contributed by atoms with van der Waals surface area (Å²) in [5.41, 5.74) is 3.34. The standard InChI is InChI=1S/C12H11BrFN3O/c13-10-5-9(2-3-11(10)14)18-7-8-1-4-12(17-15)16-6-8/h1-6H,7,15H2,(H,16,17). The van der Waals surface area contributed by atoms with Crippen LogP contribution >= 0.6 is 15.9 Å². The van der Waals surface area contributed by atoms with Gasteiger partial charge in [0.15, 0.2) is 0 Å². The Kier molecular flexibility index (Phi) is 4.11. The number of rotatable bonds is 4. The predicted molar refractivity (Wildman–Crippen MR) is 70.5 cm³/mol. The smallest absolute Gasteiger partial charge is 0.139 e. The van der Waals surface area contributed by atoms with Crippen LogP contribution in [0.25, 0.3) is 0 Å². The topological polar surface area (TPSA) is 60.2 Å². The average molecular weight is 312 g/mol. The summed E-state index contributed by atoms with van der Waals surface area (Å²) in [5, 5.41) is 0. The molecule has 94 valence electrons. The summed E-state index contributed by atoms with van der Waals surface area (Å²) in [6, 6.07) is 8.10. The van der Waals surface area contributed by atoms with E-state index in [4.69, 9.17) is 10.6 Å². The highest BCUT2D eigenvalue weighted by Crippen LogP contribution is 2.22. The minimum absolute atomic E-state index is 0.317. The lowest BCUT2D eigenvalue weighted by Crippen LogP contribution is -2.08. The van der Waals surface area contributed by atoms with Crippen molar-refractivity contribution in [1.29, 1.82) is 0 Å². The van der Waals surface area contributed by atoms with Crippen LogP contribution in [-0.4, -0.2) is 4.98 Å². The number of aromatic nitrogens is 1. The molecule has 0 bridgehead atoms. The predicted octanol–water partition coefficient (Wildman–Crippen LogP) is 2.85. The molecular formula is C12H11BrFN3O. The maximum Gasteiger partial charge on any atom is 0.139 e. The van der Waals surface area contributed by atoms with E-state index in [1.807, 2.05) is 6.07 Å². The first kappa shape index (κ1) is 12.8. The molecule has 0 saturated carbocycles. The molecule has 0 unspecified atom stereocenters. The van der Waals surface area contributed by atoms with Gasteiger partial charge in [0.05, 0.1) is 4.47 Å². The van der Waals surface area contributed by atoms with E-state index in [9.17, 15) is 4.39 Å². The largest absolute Gasteiger partial charge is 0.489 e. The molecule has 6 heteroatoms. The number of nitrogens with zero attached hydrogens (tertiary/aromatic N) is 1. The minimum atomic E-state index is -0.317. The van der Waals surface area contributed by atoms with Gasteiger partial charge in [0.25, 0.3) is 0 Å². The van der Waals surface area contributed by atoms with Gasteiger partial charge < -0.3 is 10.2 Å². The fourth-order valence-corrected chi connectivity index (χ4v) is 1.69. The van der Waals surface area contributed by atoms with Crippen molar-refractivity contribution >= 4 is 21.7 Å². The first-order valence-corrected chi connectivity index (χ1v) is 5.98. The molecule has 1 aromatic heterocycles. The number of hydrogen-bond donors (Lipinski definition) is 2. The van der Waals surface area contributed by atoms with E-state index in [1.54, 1.807) is 24.4 Å². The molecule has 1 heterocycles. The summed E-state index contributed by atoms with van der Waals surface area (Å²) in [6.07, 6.45) is 1.66. The second-order valence-electron chi connectivity index (χ2n) is 3.56. The van der Waals surface area contributed by atoms with Gasteiger partial charge in [-0.2, -0.15) is 0 Å². The zero-order chi connectivity index (χ0) is 13.0. The third-order valence-electron chi connectivity index (χ3n) is 2.27. The van der Waals surface area contributed by atoms with Crippen molar-refractivity contribution in [3.05, 3.63) is 52.4 Å². The van der Waals surface area contributed by atoms with Crippen molar-refractivity contribution in [2.24, 2.45) is 5.84 Å². The Labute approximate surface area is 112 Å². The lowest BCUT2D eigenvalue weighted by Gasteiger charge is -2.07. The third kappa shape index (κ3) is 3.18. The van der Waals surface area contributed by atoms with Gasteiger partial charge in [-0.15, -0.1) is 0 Å². The van der Waals surface area contributed by atoms with E-state index < -0.39 is 0 Å². The number of hydrazine groups is 1. The van der Waals surface area contributed by atoms with Crippen molar-refractivity contribution in [2.75, 3.05) is 5.43 Å². The summed E-state index contributed by atoms with van der Waals surface area (Å²) in [4.78, 5) is 4.06. The quantitative estimate of drug-likeness (QED) is 0.673. The second kappa shape index (κ2) is 5.79. The number of benzene rings is 1. The number of hydrogen-bond acceptors (Lipinski definition) is 4. The van der Waals surface area contributed by atoms with E-state index in [-0.39, 0.29) is 5.82 Å². The Morgan fingerprint density at radius 1 is 1.33 bits per heavy atom. The highest BCUT2D eigenvalue weighted by atomic mass is 79.9. The van der Waals surface area contributed by atoms with Gasteiger partial charge in [-0.05, 0) is 40.2 Å². The Morgan fingerprint density at radius 3 is 2.78 bits per heavy atom. The van der Waals surface area contributed by atoms with Crippen molar-refractivity contribution in [2.45, 2.75) is 6.61 Å². The Balaban J connectivity index is 1.99. The summed E-state index contributed by atoms with van der Waals surface area (Å²) in [5.74, 6) is 6.07. The Hall–Kier alpha value is -1.66. The maximum absolute atomic E-state index is 13.0. The first-order valence-electron chi connectivity index (χ1n) is 5.18. The van der Waals surface area contributed by atoms with Crippen LogP contribution in [-0.2, 0) is 6.61 Å². The van der Waals surface area contributed by atoms with Crippen LogP contribution in [0, 0.1) is 5.82 Å². The zero-order valence-corrected chi connectivity index (χ0v) is 10.9. The lowest BCUT2D eigenvalue weighted by atomic mass is 10.3. The van der Waals surface area contributed by atoms with Gasteiger partial charge in [0, 0.05) is 11.8 Å². The highest BCUT2D eigenvalue weighted by molar-refractivity contribution is 9.10. The van der Waals surface area contributed by atoms with E-state index >= 15 is 0 Å². The second-order valence-corrected chi connectivity index (χ2v) is 4.41. The van der Waals surface area contributed by atoms with Gasteiger partial charge in [-0.25, -0.2) is 15.2 Å². The summed E-state index contributed by atoms with van der Waals surface area (Å²) < 4.78 is 18.9. The fraction of sp³-hybridized carbons (Fsp3) is 0.0833. The van der Waals surface area contributed by atoms with Gasteiger partial charge >= 0.3 is 0 Å². The summed E-state index contributed by atoms with van der Waals surface area (Å²) >= 11 is 3.10. The van der Waals surface area contributed by atoms with Crippen molar-refractivity contribution in [3.63, 3.8) is 0 Å². The molecule has 18 heavy (non-hydrogen) atoms. The fourth-order valence-electron chi connectivity index (χ4n) is 1.33. The summed E-state index contributed by atoms with van der Waals surface area (Å²) in [7, 11) is 0. The van der Waals surface area contributed by atoms with E-state index in [0.29, 0.717) is 22.6 Å². The maximum atomic E-state index is 13.0. The molecule has 0 radical (unpaired) electrons. The van der Waals surface area contributed by atoms with Crippen LogP contribution in [0.1, 0.15) is 5.56 Å². The summed E-state index contributed by atoms with van der Waals surface area (Å²) in [6.45, 7) is 0.357. The average Bonchev–Trinajstić information content (AvgIpc) is 2.41. The highest BCUT2D eigenvalue weighted by Gasteiger charge is 2.02. The van der Waals surface area contributed by atoms with Crippen molar-refractivity contribution < 1.29 is 9.13 Å². The van der Waals surface area contributed by atoms with E-state index in [2.05, 4.69) is 26.3 Å². The van der Waals surface area contributed by atoms with Crippen LogP contribution in [0.15, 0.2) is 41.0 Å². The SMILES string of the molecule is NNc1ccc(COc2ccc(F)c(Br)c2)cn1. The molecule has 2 rings (SSSR count). The minimum Gasteiger partial charge on any atom is -0.489 e. The molecule has 0 spiro atoms. The van der Waals surface area contributed by atoms with Gasteiger partial charge in [0.1, 0.15) is 24.0 Å². The number of anilines is 1. The van der Waals surface area contributed by atoms with Crippen LogP contribution < -0.4 is 16.0 Å². The molecule has 0 aliphatic rings. The molecule has 2 aromatic rings. The number of pyridine rings is 1. The van der Waals surface area contributed by atoms with Gasteiger partial charge in [-0.3, -0.25) is 0 Å². The lowest BCUT2D eigenvalue weighted by molar-refractivity contribution is 0.305. The monoisotopic (exact) mass is 311 g/mol. The molecule has 0 atom stereocenters. The number of ether oxygens (including phenoxy) is 1. The molecule has 0 saturated heterocycles. The van der Waals surface area contributed by atoms with Crippen LogP contribution in [0.5, 0.6) is 5.75 Å². The van der Waals surface area contributed by atoms with Crippen molar-refractivity contribution in [3.8, 4) is 5.75 Å². The molecule has 0 fully saturated rings. The third-order valence-corrected chi connectivity index (χ3v) is 2.88. The molecule has 4 nitrogen and oxygen atoms in total. The van der Waals surface area contributed by atoms with E-state index in [0.717, 1.165) is 5.56 Å². The Bertz CT molecular complexity index is 533. The molecule has 3 N–H and O–H groups in total. The first-order chi connectivity index (χ1) is 8.69. The normalized spacial score (nSPS) is 10.2. The number of nitrogens with two attached hydrogens (primary N) is 1. The Morgan fingerprint density at radius 2 is 2.17 bits per heavy atom.